The molecule has 0 unspecified atom stereocenters. The number of nitrogens with zero attached hydrogens (tertiary/aromatic N) is 3. The van der Waals surface area contributed by atoms with E-state index >= 15 is 0 Å². The zero-order valence-electron chi connectivity index (χ0n) is 19.0. The molecule has 2 heterocycles. The van der Waals surface area contributed by atoms with Crippen molar-refractivity contribution in [2.24, 2.45) is 5.73 Å². The Hall–Kier alpha value is -4.91. The summed E-state index contributed by atoms with van der Waals surface area (Å²) in [7, 11) is 0. The van der Waals surface area contributed by atoms with Crippen molar-refractivity contribution < 1.29 is 0 Å². The minimum absolute atomic E-state index is 0.0725. The zero-order valence-corrected chi connectivity index (χ0v) is 19.8. The summed E-state index contributed by atoms with van der Waals surface area (Å²) >= 11 is 1.23. The molecule has 4 aromatic carbocycles. The SMILES string of the molecule is N#CC1=C(N)n2c(s/c(=C\c3cccc4ccccc34)c2=O)=C(C#N)[C@@H]1c1cccc2ccccc12. The number of benzene rings is 4. The maximum Gasteiger partial charge on any atom is 0.274 e. The van der Waals surface area contributed by atoms with Gasteiger partial charge in [0, 0.05) is 0 Å². The van der Waals surface area contributed by atoms with Gasteiger partial charge in [-0.25, -0.2) is 0 Å². The molecule has 1 aliphatic heterocycles. The van der Waals surface area contributed by atoms with E-state index in [1.165, 1.54) is 15.9 Å². The van der Waals surface area contributed by atoms with E-state index in [9.17, 15) is 15.3 Å². The van der Waals surface area contributed by atoms with Crippen molar-refractivity contribution in [3.8, 4) is 12.1 Å². The monoisotopic (exact) mass is 482 g/mol. The van der Waals surface area contributed by atoms with E-state index in [0.717, 1.165) is 32.7 Å². The summed E-state index contributed by atoms with van der Waals surface area (Å²) in [5.74, 6) is -0.585. The van der Waals surface area contributed by atoms with E-state index in [2.05, 4.69) is 12.1 Å². The third kappa shape index (κ3) is 3.17. The van der Waals surface area contributed by atoms with Crippen LogP contribution in [0.4, 0.5) is 0 Å². The average molecular weight is 483 g/mol. The van der Waals surface area contributed by atoms with Crippen LogP contribution in [-0.2, 0) is 0 Å². The van der Waals surface area contributed by atoms with Crippen LogP contribution in [0.3, 0.4) is 0 Å². The number of aromatic nitrogens is 1. The van der Waals surface area contributed by atoms with E-state index in [1.807, 2.05) is 91.0 Å². The second kappa shape index (κ2) is 8.39. The number of fused-ring (bicyclic) bond motifs is 3. The molecule has 6 rings (SSSR count). The highest BCUT2D eigenvalue weighted by Gasteiger charge is 2.33. The van der Waals surface area contributed by atoms with Crippen molar-refractivity contribution in [3.05, 3.63) is 121 Å². The van der Waals surface area contributed by atoms with Crippen LogP contribution >= 0.6 is 11.3 Å². The van der Waals surface area contributed by atoms with Crippen molar-refractivity contribution in [2.45, 2.75) is 5.92 Å². The minimum Gasteiger partial charge on any atom is -0.384 e. The standard InChI is InChI=1S/C30H18N4OS/c31-16-24-27(23-14-6-10-19-8-2-4-13-22(19)23)25(17-32)30-34(28(24)33)29(35)26(36-30)15-20-11-5-9-18-7-1-3-12-21(18)20/h1-15,27H,33H2/b26-15-/t27-/m1/s1. The molecule has 0 saturated carbocycles. The van der Waals surface area contributed by atoms with Crippen molar-refractivity contribution in [2.75, 3.05) is 0 Å². The van der Waals surface area contributed by atoms with Gasteiger partial charge in [0.25, 0.3) is 5.56 Å². The predicted octanol–water partition coefficient (Wildman–Crippen LogP) is 4.17. The zero-order chi connectivity index (χ0) is 24.8. The fourth-order valence-corrected chi connectivity index (χ4v) is 6.10. The smallest absolute Gasteiger partial charge is 0.274 e. The first-order valence-corrected chi connectivity index (χ1v) is 12.2. The molecule has 0 fully saturated rings. The molecule has 5 nitrogen and oxygen atoms in total. The van der Waals surface area contributed by atoms with Crippen LogP contribution in [0.2, 0.25) is 0 Å². The summed E-state index contributed by atoms with van der Waals surface area (Å²) in [6.45, 7) is 0. The van der Waals surface area contributed by atoms with E-state index in [4.69, 9.17) is 5.73 Å². The highest BCUT2D eigenvalue weighted by molar-refractivity contribution is 7.07. The van der Waals surface area contributed by atoms with Crippen LogP contribution in [0.25, 0.3) is 39.0 Å². The maximum absolute atomic E-state index is 13.5. The van der Waals surface area contributed by atoms with Crippen molar-refractivity contribution in [1.29, 1.82) is 10.5 Å². The third-order valence-corrected chi connectivity index (χ3v) is 7.74. The van der Waals surface area contributed by atoms with E-state index < -0.39 is 5.92 Å². The second-order valence-electron chi connectivity index (χ2n) is 8.56. The van der Waals surface area contributed by atoms with E-state index in [0.29, 0.717) is 14.8 Å². The van der Waals surface area contributed by atoms with Gasteiger partial charge in [-0.2, -0.15) is 10.5 Å². The van der Waals surface area contributed by atoms with Crippen molar-refractivity contribution >= 4 is 50.4 Å². The second-order valence-corrected chi connectivity index (χ2v) is 9.59. The lowest BCUT2D eigenvalue weighted by atomic mass is 9.82. The van der Waals surface area contributed by atoms with Crippen LogP contribution in [0, 0.1) is 22.7 Å². The summed E-state index contributed by atoms with van der Waals surface area (Å²) in [6, 6.07) is 32.1. The quantitative estimate of drug-likeness (QED) is 0.409. The normalized spacial score (nSPS) is 15.7. The van der Waals surface area contributed by atoms with E-state index in [1.54, 1.807) is 0 Å². The van der Waals surface area contributed by atoms with Gasteiger partial charge in [0.2, 0.25) is 0 Å². The Balaban J connectivity index is 1.68. The number of allylic oxidation sites excluding steroid dienone is 1. The lowest BCUT2D eigenvalue weighted by molar-refractivity contribution is 0.910. The third-order valence-electron chi connectivity index (χ3n) is 6.63. The first-order chi connectivity index (χ1) is 17.6. The Morgan fingerprint density at radius 2 is 1.42 bits per heavy atom. The van der Waals surface area contributed by atoms with Gasteiger partial charge in [0.05, 0.1) is 33.7 Å². The highest BCUT2D eigenvalue weighted by Crippen LogP contribution is 2.38. The number of hydrogen-bond donors (Lipinski definition) is 1. The Labute approximate surface area is 210 Å². The molecular weight excluding hydrogens is 464 g/mol. The number of rotatable bonds is 2. The molecule has 0 amide bonds. The molecular formula is C30H18N4OS. The number of thiazole rings is 1. The van der Waals surface area contributed by atoms with E-state index in [-0.39, 0.29) is 17.0 Å². The Morgan fingerprint density at radius 1 is 0.806 bits per heavy atom. The maximum atomic E-state index is 13.5. The number of hydrogen-bond acceptors (Lipinski definition) is 5. The molecule has 1 atom stereocenters. The largest absolute Gasteiger partial charge is 0.384 e. The minimum atomic E-state index is -0.658. The average Bonchev–Trinajstić information content (AvgIpc) is 3.24. The summed E-state index contributed by atoms with van der Waals surface area (Å²) < 4.78 is 2.23. The summed E-state index contributed by atoms with van der Waals surface area (Å²) in [4.78, 5) is 13.5. The van der Waals surface area contributed by atoms with Gasteiger partial charge in [-0.15, -0.1) is 11.3 Å². The van der Waals surface area contributed by atoms with Gasteiger partial charge in [-0.05, 0) is 38.7 Å². The molecule has 0 saturated heterocycles. The first-order valence-electron chi connectivity index (χ1n) is 11.4. The summed E-state index contributed by atoms with van der Waals surface area (Å²) in [6.07, 6.45) is 1.84. The van der Waals surface area contributed by atoms with Gasteiger partial charge in [0.15, 0.2) is 0 Å². The highest BCUT2D eigenvalue weighted by atomic mass is 32.1. The van der Waals surface area contributed by atoms with Crippen LogP contribution in [-0.4, -0.2) is 4.57 Å². The van der Waals surface area contributed by atoms with Gasteiger partial charge >= 0.3 is 0 Å². The fraction of sp³-hybridized carbons (Fsp3) is 0.0333. The van der Waals surface area contributed by atoms with Crippen LogP contribution in [0.1, 0.15) is 17.0 Å². The molecule has 36 heavy (non-hydrogen) atoms. The van der Waals surface area contributed by atoms with Gasteiger partial charge in [0.1, 0.15) is 10.5 Å². The Bertz CT molecular complexity index is 2000. The number of nitriles is 2. The molecule has 6 heteroatoms. The van der Waals surface area contributed by atoms with Gasteiger partial charge in [-0.1, -0.05) is 84.9 Å². The Morgan fingerprint density at radius 3 is 2.14 bits per heavy atom. The summed E-state index contributed by atoms with van der Waals surface area (Å²) in [5, 5.41) is 24.5. The molecule has 1 aliphatic rings. The number of nitrogens with two attached hydrogens (primary N) is 1. The fourth-order valence-electron chi connectivity index (χ4n) is 4.98. The van der Waals surface area contributed by atoms with Gasteiger partial charge < -0.3 is 5.73 Å². The molecule has 0 aliphatic carbocycles. The van der Waals surface area contributed by atoms with Crippen LogP contribution in [0.5, 0.6) is 0 Å². The lowest BCUT2D eigenvalue weighted by Crippen LogP contribution is -2.38. The lowest BCUT2D eigenvalue weighted by Gasteiger charge is -2.23. The molecule has 0 radical (unpaired) electrons. The van der Waals surface area contributed by atoms with Crippen LogP contribution in [0.15, 0.2) is 95.3 Å². The first kappa shape index (κ1) is 21.6. The molecule has 0 spiro atoms. The van der Waals surface area contributed by atoms with Crippen LogP contribution < -0.4 is 20.5 Å². The molecule has 5 aromatic rings. The topological polar surface area (TPSA) is 95.6 Å². The molecule has 0 bridgehead atoms. The van der Waals surface area contributed by atoms with Gasteiger partial charge in [-0.3, -0.25) is 9.36 Å². The molecule has 2 N–H and O–H groups in total. The summed E-state index contributed by atoms with van der Waals surface area (Å²) in [5.41, 5.74) is 8.40. The molecule has 1 aromatic heterocycles. The molecule has 170 valence electrons. The van der Waals surface area contributed by atoms with Crippen molar-refractivity contribution in [1.82, 2.24) is 4.57 Å². The predicted molar refractivity (Wildman–Crippen MR) is 144 cm³/mol. The van der Waals surface area contributed by atoms with Crippen molar-refractivity contribution in [3.63, 3.8) is 0 Å². The Kier molecular flexibility index (Phi) is 5.04.